The van der Waals surface area contributed by atoms with E-state index in [1.807, 2.05) is 13.8 Å². The number of carbonyl (C=O) groups excluding carboxylic acids is 2. The van der Waals surface area contributed by atoms with Crippen LogP contribution in [0, 0.1) is 13.8 Å². The normalized spacial score (nSPS) is 16.3. The molecular weight excluding hydrogens is 530 g/mol. The zero-order valence-electron chi connectivity index (χ0n) is 21.7. The summed E-state index contributed by atoms with van der Waals surface area (Å²) in [5.74, 6) is -1.60. The minimum Gasteiger partial charge on any atom is -0.465 e. The quantitative estimate of drug-likeness (QED) is 0.318. The van der Waals surface area contributed by atoms with Crippen LogP contribution in [0.5, 0.6) is 0 Å². The number of carbonyl (C=O) groups is 2. The molecule has 4 N–H and O–H groups in total. The van der Waals surface area contributed by atoms with E-state index in [1.165, 1.54) is 19.2 Å². The number of nitrogens with two attached hydrogens (primary N) is 2. The van der Waals surface area contributed by atoms with E-state index >= 15 is 0 Å². The summed E-state index contributed by atoms with van der Waals surface area (Å²) in [6, 6.07) is 6.17. The van der Waals surface area contributed by atoms with Crippen molar-refractivity contribution in [1.29, 1.82) is 0 Å². The Hall–Kier alpha value is -3.77. The third-order valence-corrected chi connectivity index (χ3v) is 9.48. The lowest BCUT2D eigenvalue weighted by atomic mass is 10.00. The molecule has 10 nitrogen and oxygen atoms in total. The van der Waals surface area contributed by atoms with Crippen LogP contribution >= 0.6 is 0 Å². The van der Waals surface area contributed by atoms with Crippen LogP contribution in [-0.4, -0.2) is 53.3 Å². The van der Waals surface area contributed by atoms with Crippen LogP contribution in [-0.2, 0) is 24.4 Å². The van der Waals surface area contributed by atoms with Gasteiger partial charge in [-0.1, -0.05) is 12.2 Å². The Morgan fingerprint density at radius 1 is 0.763 bits per heavy atom. The van der Waals surface area contributed by atoms with Crippen molar-refractivity contribution in [3.05, 3.63) is 69.8 Å². The molecule has 38 heavy (non-hydrogen) atoms. The molecule has 0 saturated heterocycles. The van der Waals surface area contributed by atoms with Crippen LogP contribution in [0.15, 0.2) is 51.2 Å². The fraction of sp³-hybridized carbons (Fsp3) is 0.269. The summed E-state index contributed by atoms with van der Waals surface area (Å²) in [7, 11) is -5.48. The van der Waals surface area contributed by atoms with E-state index in [9.17, 15) is 26.4 Å². The molecule has 0 aromatic heterocycles. The number of amides is 1. The molecule has 2 aromatic rings. The van der Waals surface area contributed by atoms with Gasteiger partial charge >= 0.3 is 5.97 Å². The highest BCUT2D eigenvalue weighted by Crippen LogP contribution is 2.33. The smallest absolute Gasteiger partial charge is 0.338 e. The molecule has 0 atom stereocenters. The van der Waals surface area contributed by atoms with Gasteiger partial charge in [0.05, 0.1) is 34.0 Å². The van der Waals surface area contributed by atoms with Gasteiger partial charge in [0.25, 0.3) is 5.91 Å². The van der Waals surface area contributed by atoms with E-state index in [4.69, 9.17) is 11.5 Å². The van der Waals surface area contributed by atoms with Crippen LogP contribution in [0.25, 0.3) is 11.1 Å². The topological polar surface area (TPSA) is 176 Å². The summed E-state index contributed by atoms with van der Waals surface area (Å²) >= 11 is 0. The minimum atomic E-state index is -3.42. The first-order valence-corrected chi connectivity index (χ1v) is 14.7. The fourth-order valence-electron chi connectivity index (χ4n) is 4.11. The Morgan fingerprint density at radius 2 is 1.18 bits per heavy atom. The van der Waals surface area contributed by atoms with Crippen molar-refractivity contribution in [2.75, 3.05) is 18.6 Å². The fourth-order valence-corrected chi connectivity index (χ4v) is 7.12. The van der Waals surface area contributed by atoms with Gasteiger partial charge in [-0.05, 0) is 85.4 Å². The van der Waals surface area contributed by atoms with Crippen molar-refractivity contribution >= 4 is 48.7 Å². The van der Waals surface area contributed by atoms with Crippen LogP contribution in [0.2, 0.25) is 0 Å². The van der Waals surface area contributed by atoms with E-state index in [0.29, 0.717) is 27.8 Å². The van der Waals surface area contributed by atoms with Gasteiger partial charge in [0, 0.05) is 5.56 Å². The van der Waals surface area contributed by atoms with E-state index in [0.717, 1.165) is 11.1 Å². The number of aryl methyl sites for hydroxylation is 2. The minimum absolute atomic E-state index is 0.0183. The Morgan fingerprint density at radius 3 is 1.61 bits per heavy atom. The Balaban J connectivity index is 0.000000212. The van der Waals surface area contributed by atoms with Crippen molar-refractivity contribution < 1.29 is 31.2 Å². The number of hydrogen-bond donors (Lipinski definition) is 2. The first kappa shape index (κ1) is 28.8. The van der Waals surface area contributed by atoms with Crippen molar-refractivity contribution in [2.24, 2.45) is 16.5 Å². The predicted molar refractivity (Wildman–Crippen MR) is 145 cm³/mol. The second kappa shape index (κ2) is 10.5. The molecule has 0 bridgehead atoms. The Bertz CT molecular complexity index is 1660. The third kappa shape index (κ3) is 5.70. The second-order valence-electron chi connectivity index (χ2n) is 9.00. The van der Waals surface area contributed by atoms with Gasteiger partial charge in [-0.2, -0.15) is 4.99 Å². The standard InChI is InChI=1S/C13H15N3O3S.C13H14O4S/c1-7-3-4-20(18,19)11-6-10(8(2)5-9(7)11)12(17)16-13(14)15;1-8-4-5-18(15,16)12-7-11(13(14)17-3)9(2)6-10(8)12/h3,5-6H,4H2,1-2H3,(H4,14,15,16,17);4,6-7H,5H2,1-3H3. The Kier molecular flexibility index (Phi) is 7.99. The van der Waals surface area contributed by atoms with Gasteiger partial charge in [0.15, 0.2) is 25.6 Å². The average molecular weight is 560 g/mol. The third-order valence-electron chi connectivity index (χ3n) is 6.26. The molecule has 4 rings (SSSR count). The number of rotatable bonds is 2. The number of sulfone groups is 2. The molecule has 0 saturated carbocycles. The summed E-state index contributed by atoms with van der Waals surface area (Å²) < 4.78 is 52.8. The van der Waals surface area contributed by atoms with Gasteiger partial charge < -0.3 is 16.2 Å². The number of esters is 1. The number of nitrogens with zero attached hydrogens (tertiary/aromatic N) is 1. The maximum atomic E-state index is 12.1. The maximum absolute atomic E-state index is 12.1. The summed E-state index contributed by atoms with van der Waals surface area (Å²) in [4.78, 5) is 27.3. The van der Waals surface area contributed by atoms with E-state index in [-0.39, 0.29) is 32.8 Å². The van der Waals surface area contributed by atoms with Gasteiger partial charge in [0.1, 0.15) is 0 Å². The lowest BCUT2D eigenvalue weighted by Crippen LogP contribution is -2.24. The van der Waals surface area contributed by atoms with E-state index in [1.54, 1.807) is 38.1 Å². The molecule has 0 unspecified atom stereocenters. The number of fused-ring (bicyclic) bond motifs is 2. The molecule has 2 aliphatic rings. The number of aliphatic imine (C=N–C) groups is 1. The van der Waals surface area contributed by atoms with Crippen LogP contribution in [0.4, 0.5) is 0 Å². The summed E-state index contributed by atoms with van der Waals surface area (Å²) in [5.41, 5.74) is 15.3. The number of allylic oxidation sites excluding steroid dienone is 2. The average Bonchev–Trinajstić information content (AvgIpc) is 2.83. The van der Waals surface area contributed by atoms with Crippen LogP contribution in [0.3, 0.4) is 0 Å². The van der Waals surface area contributed by atoms with Gasteiger partial charge in [-0.3, -0.25) is 4.79 Å². The van der Waals surface area contributed by atoms with E-state index in [2.05, 4.69) is 9.73 Å². The van der Waals surface area contributed by atoms with Crippen LogP contribution < -0.4 is 11.5 Å². The van der Waals surface area contributed by atoms with Crippen molar-refractivity contribution in [3.63, 3.8) is 0 Å². The van der Waals surface area contributed by atoms with Gasteiger partial charge in [-0.15, -0.1) is 0 Å². The number of hydrogen-bond acceptors (Lipinski definition) is 7. The summed E-state index contributed by atoms with van der Waals surface area (Å²) in [5, 5.41) is 0. The molecular formula is C26H29N3O7S2. The first-order chi connectivity index (χ1) is 17.6. The monoisotopic (exact) mass is 559 g/mol. The highest BCUT2D eigenvalue weighted by atomic mass is 32.2. The van der Waals surface area contributed by atoms with Gasteiger partial charge in [-0.25, -0.2) is 21.6 Å². The zero-order chi connectivity index (χ0) is 28.6. The summed E-state index contributed by atoms with van der Waals surface area (Å²) in [6.45, 7) is 7.18. The molecule has 2 heterocycles. The maximum Gasteiger partial charge on any atom is 0.338 e. The molecule has 1 amide bonds. The number of ether oxygens (including phenoxy) is 1. The molecule has 0 radical (unpaired) electrons. The van der Waals surface area contributed by atoms with Crippen molar-refractivity contribution in [3.8, 4) is 0 Å². The van der Waals surface area contributed by atoms with Crippen molar-refractivity contribution in [2.45, 2.75) is 37.5 Å². The first-order valence-electron chi connectivity index (χ1n) is 11.4. The molecule has 0 fully saturated rings. The Labute approximate surface area is 221 Å². The van der Waals surface area contributed by atoms with Crippen molar-refractivity contribution in [1.82, 2.24) is 0 Å². The molecule has 0 spiro atoms. The molecule has 0 aliphatic carbocycles. The SMILES string of the molecule is CC1=CCS(=O)(=O)c2cc(C(=O)N=C(N)N)c(C)cc21.COC(=O)c1cc2c(cc1C)C(C)=CCS2(=O)=O. The molecule has 2 aliphatic heterocycles. The number of guanidine groups is 1. The van der Waals surface area contributed by atoms with Gasteiger partial charge in [0.2, 0.25) is 0 Å². The molecule has 12 heteroatoms. The summed E-state index contributed by atoms with van der Waals surface area (Å²) in [6.07, 6.45) is 3.35. The highest BCUT2D eigenvalue weighted by molar-refractivity contribution is 7.92. The second-order valence-corrected chi connectivity index (χ2v) is 13.0. The lowest BCUT2D eigenvalue weighted by molar-refractivity contribution is 0.0599. The largest absolute Gasteiger partial charge is 0.465 e. The molecule has 202 valence electrons. The number of benzene rings is 2. The molecule has 2 aromatic carbocycles. The highest BCUT2D eigenvalue weighted by Gasteiger charge is 2.27. The van der Waals surface area contributed by atoms with Crippen LogP contribution in [0.1, 0.15) is 56.8 Å². The predicted octanol–water partition coefficient (Wildman–Crippen LogP) is 2.57. The lowest BCUT2D eigenvalue weighted by Gasteiger charge is -2.17. The number of methoxy groups -OCH3 is 1. The zero-order valence-corrected chi connectivity index (χ0v) is 23.3. The van der Waals surface area contributed by atoms with E-state index < -0.39 is 31.6 Å².